The molecule has 0 spiro atoms. The molecule has 0 heterocycles. The van der Waals surface area contributed by atoms with E-state index in [1.807, 2.05) is 0 Å². The minimum absolute atomic E-state index is 1.11. The number of aldehydes is 1. The van der Waals surface area contributed by atoms with Gasteiger partial charge in [-0.05, 0) is 6.92 Å². The second-order valence-corrected chi connectivity index (χ2v) is 2.16. The minimum Gasteiger partial charge on any atom is -0.391 e. The average molecular weight is 166 g/mol. The minimum atomic E-state index is -3.11. The SMILES string of the molecule is [2H]C(=O)[C@]([2H])(O)[C@H](O)[C@@H](O)[C@H](C)O. The zero-order valence-electron chi connectivity index (χ0n) is 7.93. The zero-order valence-corrected chi connectivity index (χ0v) is 5.93. The van der Waals surface area contributed by atoms with Crippen LogP contribution >= 0.6 is 0 Å². The Kier molecular flexibility index (Phi) is 2.87. The van der Waals surface area contributed by atoms with Crippen LogP contribution in [0, 0.1) is 0 Å². The number of hydrogen-bond acceptors (Lipinski definition) is 5. The van der Waals surface area contributed by atoms with E-state index in [-0.39, 0.29) is 0 Å². The Hall–Kier alpha value is -0.490. The third-order valence-electron chi connectivity index (χ3n) is 1.20. The normalized spacial score (nSPS) is 27.4. The number of rotatable bonds is 4. The maximum Gasteiger partial charge on any atom is 0.151 e. The van der Waals surface area contributed by atoms with Gasteiger partial charge in [0, 0.05) is 0 Å². The summed E-state index contributed by atoms with van der Waals surface area (Å²) in [4.78, 5) is 10.3. The summed E-state index contributed by atoms with van der Waals surface area (Å²) in [6.45, 7) is 1.11. The first kappa shape index (κ1) is 7.17. The third kappa shape index (κ3) is 2.94. The Labute approximate surface area is 66.7 Å². The maximum atomic E-state index is 10.3. The molecule has 66 valence electrons. The highest BCUT2D eigenvalue weighted by atomic mass is 16.4. The standard InChI is InChI=1S/C6H12O5/c1-3(8)5(10)6(11)4(9)2-7/h2-6,8-11H,1H3/t3-,4-,5-,6-/m0/s1/i2D,4D. The second kappa shape index (κ2) is 4.40. The number of aliphatic hydroxyl groups is 4. The lowest BCUT2D eigenvalue weighted by Crippen LogP contribution is -2.43. The lowest BCUT2D eigenvalue weighted by atomic mass is 10.1. The molecule has 0 rings (SSSR count). The summed E-state index contributed by atoms with van der Waals surface area (Å²) < 4.78 is 13.2. The van der Waals surface area contributed by atoms with E-state index in [2.05, 4.69) is 0 Å². The molecule has 0 aromatic rings. The molecule has 4 atom stereocenters. The van der Waals surface area contributed by atoms with Crippen LogP contribution < -0.4 is 0 Å². The summed E-state index contributed by atoms with van der Waals surface area (Å²) in [5.74, 6) is 0. The highest BCUT2D eigenvalue weighted by molar-refractivity contribution is 5.56. The molecule has 11 heavy (non-hydrogen) atoms. The topological polar surface area (TPSA) is 98.0 Å². The van der Waals surface area contributed by atoms with Crippen LogP contribution in [0.4, 0.5) is 0 Å². The Morgan fingerprint density at radius 3 is 2.09 bits per heavy atom. The third-order valence-corrected chi connectivity index (χ3v) is 1.20. The molecule has 5 heteroatoms. The van der Waals surface area contributed by atoms with Gasteiger partial charge in [0.15, 0.2) is 6.26 Å². The van der Waals surface area contributed by atoms with Crippen molar-refractivity contribution >= 4 is 6.26 Å². The van der Waals surface area contributed by atoms with Crippen LogP contribution in [-0.2, 0) is 4.79 Å². The van der Waals surface area contributed by atoms with Gasteiger partial charge >= 0.3 is 0 Å². The van der Waals surface area contributed by atoms with Gasteiger partial charge in [0.05, 0.1) is 7.47 Å². The molecular weight excluding hydrogens is 152 g/mol. The van der Waals surface area contributed by atoms with E-state index >= 15 is 0 Å². The van der Waals surface area contributed by atoms with Crippen molar-refractivity contribution in [3.8, 4) is 0 Å². The van der Waals surface area contributed by atoms with Crippen LogP contribution in [-0.4, -0.2) is 51.1 Å². The first-order chi connectivity index (χ1) is 5.71. The highest BCUT2D eigenvalue weighted by Gasteiger charge is 2.27. The fourth-order valence-corrected chi connectivity index (χ4v) is 0.486. The molecule has 0 unspecified atom stereocenters. The molecule has 0 saturated carbocycles. The van der Waals surface area contributed by atoms with Gasteiger partial charge in [0.25, 0.3) is 0 Å². The average Bonchev–Trinajstić information content (AvgIpc) is 2.01. The summed E-state index contributed by atoms with van der Waals surface area (Å²) in [7, 11) is 0. The lowest BCUT2D eigenvalue weighted by molar-refractivity contribution is -0.132. The maximum absolute atomic E-state index is 10.3. The monoisotopic (exact) mass is 166 g/mol. The summed E-state index contributed by atoms with van der Waals surface area (Å²) in [5, 5.41) is 35.6. The molecule has 5 nitrogen and oxygen atoms in total. The molecule has 0 bridgehead atoms. The van der Waals surface area contributed by atoms with Crippen LogP contribution in [0.2, 0.25) is 0 Å². The molecule has 0 aromatic carbocycles. The van der Waals surface area contributed by atoms with Gasteiger partial charge in [0.2, 0.25) is 0 Å². The van der Waals surface area contributed by atoms with Crippen molar-refractivity contribution < 1.29 is 28.0 Å². The van der Waals surface area contributed by atoms with Crippen LogP contribution in [0.25, 0.3) is 0 Å². The van der Waals surface area contributed by atoms with Gasteiger partial charge in [0.1, 0.15) is 19.7 Å². The predicted octanol–water partition coefficient (Wildman–Crippen LogP) is -2.35. The summed E-state index contributed by atoms with van der Waals surface area (Å²) in [5.41, 5.74) is 0. The summed E-state index contributed by atoms with van der Waals surface area (Å²) >= 11 is 0. The molecule has 0 aromatic heterocycles. The van der Waals surface area contributed by atoms with Gasteiger partial charge in [-0.2, -0.15) is 0 Å². The Balaban J connectivity index is 4.58. The Morgan fingerprint density at radius 1 is 1.36 bits per heavy atom. The molecule has 0 aliphatic rings. The van der Waals surface area contributed by atoms with Gasteiger partial charge in [-0.15, -0.1) is 0 Å². The molecule has 0 amide bonds. The Bertz CT molecular complexity index is 193. The highest BCUT2D eigenvalue weighted by Crippen LogP contribution is 2.02. The van der Waals surface area contributed by atoms with E-state index in [0.29, 0.717) is 0 Å². The smallest absolute Gasteiger partial charge is 0.151 e. The van der Waals surface area contributed by atoms with Crippen LogP contribution in [0.3, 0.4) is 0 Å². The van der Waals surface area contributed by atoms with Gasteiger partial charge in [-0.25, -0.2) is 0 Å². The van der Waals surface area contributed by atoms with E-state index in [1.165, 1.54) is 0 Å². The van der Waals surface area contributed by atoms with Gasteiger partial charge in [-0.1, -0.05) is 0 Å². The van der Waals surface area contributed by atoms with Crippen LogP contribution in [0.5, 0.6) is 0 Å². The molecule has 0 aliphatic carbocycles. The molecule has 4 N–H and O–H groups in total. The largest absolute Gasteiger partial charge is 0.391 e. The first-order valence-corrected chi connectivity index (χ1v) is 2.99. The quantitative estimate of drug-likeness (QED) is 0.350. The molecule has 0 fully saturated rings. The molecule has 0 radical (unpaired) electrons. The predicted molar refractivity (Wildman–Crippen MR) is 35.8 cm³/mol. The fraction of sp³-hybridized carbons (Fsp3) is 0.833. The zero-order chi connectivity index (χ0) is 10.8. The van der Waals surface area contributed by atoms with Crippen molar-refractivity contribution in [2.24, 2.45) is 0 Å². The summed E-state index contributed by atoms with van der Waals surface area (Å²) in [6, 6.07) is 0. The van der Waals surface area contributed by atoms with Crippen molar-refractivity contribution in [3.63, 3.8) is 0 Å². The van der Waals surface area contributed by atoms with E-state index in [9.17, 15) is 4.79 Å². The van der Waals surface area contributed by atoms with Crippen molar-refractivity contribution in [3.05, 3.63) is 0 Å². The molecular formula is C6H12O5. The lowest BCUT2D eigenvalue weighted by Gasteiger charge is -2.21. The van der Waals surface area contributed by atoms with E-state index in [4.69, 9.17) is 23.2 Å². The second-order valence-electron chi connectivity index (χ2n) is 2.16. The molecule has 0 saturated heterocycles. The van der Waals surface area contributed by atoms with E-state index < -0.39 is 30.7 Å². The molecule has 0 aliphatic heterocycles. The fourth-order valence-electron chi connectivity index (χ4n) is 0.486. The first-order valence-electron chi connectivity index (χ1n) is 3.99. The van der Waals surface area contributed by atoms with Crippen LogP contribution in [0.15, 0.2) is 0 Å². The van der Waals surface area contributed by atoms with Crippen molar-refractivity contribution in [2.45, 2.75) is 31.3 Å². The van der Waals surface area contributed by atoms with E-state index in [1.54, 1.807) is 0 Å². The number of aliphatic hydroxyl groups excluding tert-OH is 3. The van der Waals surface area contributed by atoms with Gasteiger partial charge in [-0.3, -0.25) is 0 Å². The number of carbonyl (C=O) groups excluding carboxylic acids is 1. The van der Waals surface area contributed by atoms with Gasteiger partial charge < -0.3 is 25.2 Å². The van der Waals surface area contributed by atoms with Crippen molar-refractivity contribution in [2.75, 3.05) is 0 Å². The van der Waals surface area contributed by atoms with Crippen molar-refractivity contribution in [1.82, 2.24) is 0 Å². The van der Waals surface area contributed by atoms with E-state index in [0.717, 1.165) is 6.92 Å². The van der Waals surface area contributed by atoms with Crippen LogP contribution in [0.1, 0.15) is 9.67 Å². The van der Waals surface area contributed by atoms with Crippen molar-refractivity contribution in [1.29, 1.82) is 0 Å². The Morgan fingerprint density at radius 2 is 1.82 bits per heavy atom. The number of carbonyl (C=O) groups is 1. The number of hydrogen-bond donors (Lipinski definition) is 4. The summed E-state index contributed by atoms with van der Waals surface area (Å²) in [6.07, 6.45) is -10.3.